The van der Waals surface area contributed by atoms with Crippen molar-refractivity contribution in [3.05, 3.63) is 80.4 Å². The summed E-state index contributed by atoms with van der Waals surface area (Å²) in [5.74, 6) is 0.714. The SMILES string of the molecule is Cc1[nH]n2c(=O)cc(CNc3ccccn3)nc2c1-c1ccc(Cl)cc1Cl. The van der Waals surface area contributed by atoms with Crippen LogP contribution in [0.5, 0.6) is 0 Å². The minimum absolute atomic E-state index is 0.197. The van der Waals surface area contributed by atoms with Gasteiger partial charge in [-0.05, 0) is 31.2 Å². The summed E-state index contributed by atoms with van der Waals surface area (Å²) < 4.78 is 1.42. The van der Waals surface area contributed by atoms with Gasteiger partial charge in [0.15, 0.2) is 5.65 Å². The van der Waals surface area contributed by atoms with Gasteiger partial charge in [-0.2, -0.15) is 0 Å². The molecule has 4 rings (SSSR count). The standard InChI is InChI=1S/C19H15Cl2N5O/c1-11-18(14-6-5-12(20)8-15(14)21)19-24-13(9-17(27)26(19)25-11)10-23-16-4-2-3-7-22-16/h2-9,25H,10H2,1H3,(H,22,23). The van der Waals surface area contributed by atoms with Crippen molar-refractivity contribution >= 4 is 34.7 Å². The molecule has 3 aromatic heterocycles. The molecule has 4 aromatic rings. The van der Waals surface area contributed by atoms with Crippen LogP contribution in [0.25, 0.3) is 16.8 Å². The minimum Gasteiger partial charge on any atom is -0.364 e. The van der Waals surface area contributed by atoms with Crippen molar-refractivity contribution < 1.29 is 0 Å². The number of aryl methyl sites for hydroxylation is 1. The number of hydrogen-bond donors (Lipinski definition) is 2. The van der Waals surface area contributed by atoms with Crippen molar-refractivity contribution in [2.75, 3.05) is 5.32 Å². The van der Waals surface area contributed by atoms with E-state index in [4.69, 9.17) is 23.2 Å². The highest BCUT2D eigenvalue weighted by atomic mass is 35.5. The first-order valence-electron chi connectivity index (χ1n) is 8.24. The molecule has 0 aliphatic carbocycles. The molecule has 8 heteroatoms. The lowest BCUT2D eigenvalue weighted by Crippen LogP contribution is -2.17. The first-order chi connectivity index (χ1) is 13.0. The van der Waals surface area contributed by atoms with Crippen molar-refractivity contribution in [3.63, 3.8) is 0 Å². The highest BCUT2D eigenvalue weighted by Gasteiger charge is 2.17. The van der Waals surface area contributed by atoms with E-state index < -0.39 is 0 Å². The van der Waals surface area contributed by atoms with E-state index in [9.17, 15) is 4.79 Å². The number of aromatic amines is 1. The summed E-state index contributed by atoms with van der Waals surface area (Å²) in [5, 5.41) is 7.26. The van der Waals surface area contributed by atoms with Gasteiger partial charge in [-0.3, -0.25) is 9.89 Å². The zero-order chi connectivity index (χ0) is 19.0. The Labute approximate surface area is 164 Å². The van der Waals surface area contributed by atoms with Gasteiger partial charge in [-0.1, -0.05) is 35.3 Å². The zero-order valence-corrected chi connectivity index (χ0v) is 15.8. The van der Waals surface area contributed by atoms with Crippen LogP contribution in [0, 0.1) is 6.92 Å². The second kappa shape index (κ2) is 7.06. The first kappa shape index (κ1) is 17.6. The number of benzene rings is 1. The topological polar surface area (TPSA) is 75.1 Å². The van der Waals surface area contributed by atoms with Crippen LogP contribution < -0.4 is 10.9 Å². The fourth-order valence-electron chi connectivity index (χ4n) is 2.95. The number of aromatic nitrogens is 4. The van der Waals surface area contributed by atoms with Crippen LogP contribution in [-0.4, -0.2) is 19.6 Å². The molecule has 0 atom stereocenters. The largest absolute Gasteiger partial charge is 0.364 e. The van der Waals surface area contributed by atoms with Crippen LogP contribution in [0.15, 0.2) is 53.5 Å². The van der Waals surface area contributed by atoms with Gasteiger partial charge in [0, 0.05) is 34.1 Å². The van der Waals surface area contributed by atoms with E-state index in [0.29, 0.717) is 33.7 Å². The molecule has 1 aromatic carbocycles. The molecule has 0 saturated carbocycles. The lowest BCUT2D eigenvalue weighted by molar-refractivity contribution is 0.863. The van der Waals surface area contributed by atoms with Crippen LogP contribution in [0.2, 0.25) is 10.0 Å². The summed E-state index contributed by atoms with van der Waals surface area (Å²) in [5.41, 5.74) is 3.25. The predicted octanol–water partition coefficient (Wildman–Crippen LogP) is 4.31. The Morgan fingerprint density at radius 1 is 1.19 bits per heavy atom. The Bertz CT molecular complexity index is 1180. The van der Waals surface area contributed by atoms with Gasteiger partial charge in [0.1, 0.15) is 5.82 Å². The van der Waals surface area contributed by atoms with E-state index in [-0.39, 0.29) is 5.56 Å². The molecule has 0 saturated heterocycles. The van der Waals surface area contributed by atoms with Crippen molar-refractivity contribution in [2.24, 2.45) is 0 Å². The van der Waals surface area contributed by atoms with Crippen LogP contribution in [0.3, 0.4) is 0 Å². The molecule has 136 valence electrons. The molecule has 0 bridgehead atoms. The van der Waals surface area contributed by atoms with Crippen molar-refractivity contribution in [3.8, 4) is 11.1 Å². The molecule has 0 aliphatic heterocycles. The number of halogens is 2. The number of hydrogen-bond acceptors (Lipinski definition) is 4. The van der Waals surface area contributed by atoms with Gasteiger partial charge in [0.05, 0.1) is 17.3 Å². The second-order valence-electron chi connectivity index (χ2n) is 6.05. The van der Waals surface area contributed by atoms with Crippen LogP contribution in [-0.2, 0) is 6.54 Å². The Morgan fingerprint density at radius 3 is 2.78 bits per heavy atom. The van der Waals surface area contributed by atoms with Gasteiger partial charge < -0.3 is 5.32 Å². The van der Waals surface area contributed by atoms with Crippen molar-refractivity contribution in [1.82, 2.24) is 19.6 Å². The lowest BCUT2D eigenvalue weighted by atomic mass is 10.1. The van der Waals surface area contributed by atoms with Crippen LogP contribution in [0.4, 0.5) is 5.82 Å². The van der Waals surface area contributed by atoms with Gasteiger partial charge in [-0.25, -0.2) is 14.5 Å². The minimum atomic E-state index is -0.197. The molecule has 0 spiro atoms. The molecular weight excluding hydrogens is 385 g/mol. The monoisotopic (exact) mass is 399 g/mol. The summed E-state index contributed by atoms with van der Waals surface area (Å²) in [6.07, 6.45) is 1.70. The smallest absolute Gasteiger partial charge is 0.272 e. The number of anilines is 1. The summed E-state index contributed by atoms with van der Waals surface area (Å²) >= 11 is 12.4. The third-order valence-corrected chi connectivity index (χ3v) is 4.71. The van der Waals surface area contributed by atoms with Gasteiger partial charge in [0.2, 0.25) is 0 Å². The molecule has 0 aliphatic rings. The van der Waals surface area contributed by atoms with Gasteiger partial charge >= 0.3 is 0 Å². The highest BCUT2D eigenvalue weighted by molar-refractivity contribution is 6.36. The van der Waals surface area contributed by atoms with Crippen molar-refractivity contribution in [1.29, 1.82) is 0 Å². The fourth-order valence-corrected chi connectivity index (χ4v) is 3.45. The summed E-state index contributed by atoms with van der Waals surface area (Å²) in [7, 11) is 0. The Balaban J connectivity index is 1.80. The normalized spacial score (nSPS) is 11.1. The molecule has 0 amide bonds. The fraction of sp³-hybridized carbons (Fsp3) is 0.105. The Morgan fingerprint density at radius 2 is 2.04 bits per heavy atom. The van der Waals surface area contributed by atoms with Gasteiger partial charge in [0.25, 0.3) is 5.56 Å². The summed E-state index contributed by atoms with van der Waals surface area (Å²) in [4.78, 5) is 21.4. The maximum Gasteiger partial charge on any atom is 0.272 e. The molecular formula is C19H15Cl2N5O. The summed E-state index contributed by atoms with van der Waals surface area (Å²) in [6, 6.07) is 12.3. The molecule has 0 unspecified atom stereocenters. The number of fused-ring (bicyclic) bond motifs is 1. The Kier molecular flexibility index (Phi) is 4.59. The zero-order valence-electron chi connectivity index (χ0n) is 14.3. The maximum absolute atomic E-state index is 12.5. The average Bonchev–Trinajstić information content (AvgIpc) is 2.98. The number of pyridine rings is 1. The second-order valence-corrected chi connectivity index (χ2v) is 6.89. The molecule has 0 fully saturated rings. The van der Waals surface area contributed by atoms with E-state index in [2.05, 4.69) is 20.4 Å². The Hall–Kier alpha value is -2.83. The number of H-pyrrole nitrogens is 1. The number of rotatable bonds is 4. The highest BCUT2D eigenvalue weighted by Crippen LogP contribution is 2.34. The van der Waals surface area contributed by atoms with E-state index in [0.717, 1.165) is 16.8 Å². The predicted molar refractivity (Wildman–Crippen MR) is 108 cm³/mol. The lowest BCUT2D eigenvalue weighted by Gasteiger charge is -2.07. The third-order valence-electron chi connectivity index (χ3n) is 4.17. The van der Waals surface area contributed by atoms with Crippen LogP contribution >= 0.6 is 23.2 Å². The third kappa shape index (κ3) is 3.41. The maximum atomic E-state index is 12.5. The molecule has 3 heterocycles. The van der Waals surface area contributed by atoms with E-state index >= 15 is 0 Å². The molecule has 0 radical (unpaired) electrons. The number of nitrogens with zero attached hydrogens (tertiary/aromatic N) is 3. The van der Waals surface area contributed by atoms with Crippen LogP contribution in [0.1, 0.15) is 11.4 Å². The average molecular weight is 400 g/mol. The van der Waals surface area contributed by atoms with E-state index in [1.165, 1.54) is 10.6 Å². The van der Waals surface area contributed by atoms with Gasteiger partial charge in [-0.15, -0.1) is 0 Å². The quantitative estimate of drug-likeness (QED) is 0.535. The van der Waals surface area contributed by atoms with E-state index in [1.807, 2.05) is 31.2 Å². The molecule has 27 heavy (non-hydrogen) atoms. The number of nitrogens with one attached hydrogen (secondary N) is 2. The summed E-state index contributed by atoms with van der Waals surface area (Å²) in [6.45, 7) is 2.25. The van der Waals surface area contributed by atoms with E-state index in [1.54, 1.807) is 18.3 Å². The molecule has 6 nitrogen and oxygen atoms in total. The molecule has 2 N–H and O–H groups in total. The first-order valence-corrected chi connectivity index (χ1v) is 9.00. The van der Waals surface area contributed by atoms with Crippen molar-refractivity contribution in [2.45, 2.75) is 13.5 Å².